The van der Waals surface area contributed by atoms with E-state index in [-0.39, 0.29) is 24.3 Å². The average Bonchev–Trinajstić information content (AvgIpc) is 2.25. The highest BCUT2D eigenvalue weighted by Crippen LogP contribution is 2.09. The van der Waals surface area contributed by atoms with Crippen molar-refractivity contribution >= 4 is 30.0 Å². The molecule has 1 aliphatic heterocycles. The molecule has 0 aromatic heterocycles. The van der Waals surface area contributed by atoms with Crippen molar-refractivity contribution in [1.82, 2.24) is 10.4 Å². The van der Waals surface area contributed by atoms with Crippen molar-refractivity contribution in [2.45, 2.75) is 6.42 Å². The first-order valence-electron chi connectivity index (χ1n) is 5.49. The third-order valence-corrected chi connectivity index (χ3v) is 2.36. The minimum absolute atomic E-state index is 0. The molecule has 7 heteroatoms. The van der Waals surface area contributed by atoms with Gasteiger partial charge in [0.2, 0.25) is 11.9 Å². The highest BCUT2D eigenvalue weighted by molar-refractivity contribution is 5.94. The molecular weight excluding hydrogens is 252 g/mol. The summed E-state index contributed by atoms with van der Waals surface area (Å²) in [6.45, 7) is 1.96. The lowest BCUT2D eigenvalue weighted by Gasteiger charge is -2.30. The number of aliphatic imine (C=N–C) groups is 2. The van der Waals surface area contributed by atoms with Gasteiger partial charge < -0.3 is 11.5 Å². The molecule has 0 saturated carbocycles. The summed E-state index contributed by atoms with van der Waals surface area (Å²) in [5.74, 6) is 0.406. The van der Waals surface area contributed by atoms with E-state index in [1.54, 1.807) is 0 Å². The Hall–Kier alpha value is -1.79. The first kappa shape index (κ1) is 14.3. The van der Waals surface area contributed by atoms with Crippen LogP contribution in [0.5, 0.6) is 0 Å². The zero-order valence-electron chi connectivity index (χ0n) is 9.91. The van der Waals surface area contributed by atoms with Crippen LogP contribution in [0.4, 0.5) is 5.69 Å². The number of benzene rings is 1. The van der Waals surface area contributed by atoms with Crippen molar-refractivity contribution in [3.8, 4) is 0 Å². The Morgan fingerprint density at radius 3 is 2.39 bits per heavy atom. The molecule has 1 aromatic carbocycles. The van der Waals surface area contributed by atoms with Gasteiger partial charge in [-0.05, 0) is 18.6 Å². The molecule has 1 heterocycles. The molecule has 1 aliphatic rings. The number of nitrogens with two attached hydrogens (primary N) is 2. The molecule has 0 spiro atoms. The second-order valence-corrected chi connectivity index (χ2v) is 3.76. The zero-order valence-corrected chi connectivity index (χ0v) is 10.7. The maximum absolute atomic E-state index is 5.68. The molecule has 0 atom stereocenters. The summed E-state index contributed by atoms with van der Waals surface area (Å²) in [4.78, 5) is 8.08. The second kappa shape index (κ2) is 6.83. The van der Waals surface area contributed by atoms with Crippen molar-refractivity contribution in [3.05, 3.63) is 30.3 Å². The van der Waals surface area contributed by atoms with Crippen LogP contribution in [-0.4, -0.2) is 30.0 Å². The lowest BCUT2D eigenvalue weighted by atomic mass is 10.3. The summed E-state index contributed by atoms with van der Waals surface area (Å²) < 4.78 is 0. The van der Waals surface area contributed by atoms with Crippen LogP contribution in [0.3, 0.4) is 0 Å². The largest absolute Gasteiger partial charge is 0.368 e. The van der Waals surface area contributed by atoms with Crippen molar-refractivity contribution < 1.29 is 0 Å². The van der Waals surface area contributed by atoms with Crippen LogP contribution in [0.15, 0.2) is 40.3 Å². The van der Waals surface area contributed by atoms with Crippen molar-refractivity contribution in [2.24, 2.45) is 21.5 Å². The van der Waals surface area contributed by atoms with E-state index >= 15 is 0 Å². The van der Waals surface area contributed by atoms with Gasteiger partial charge in [-0.15, -0.1) is 12.4 Å². The van der Waals surface area contributed by atoms with Gasteiger partial charge in [-0.1, -0.05) is 18.2 Å². The molecule has 2 rings (SSSR count). The van der Waals surface area contributed by atoms with Gasteiger partial charge in [-0.25, -0.2) is 10.0 Å². The molecule has 1 aromatic rings. The number of hydrogen-bond acceptors (Lipinski definition) is 2. The molecule has 18 heavy (non-hydrogen) atoms. The van der Waals surface area contributed by atoms with Gasteiger partial charge in [0.15, 0.2) is 0 Å². The monoisotopic (exact) mass is 268 g/mol. The molecule has 6 nitrogen and oxygen atoms in total. The predicted octanol–water partition coefficient (Wildman–Crippen LogP) is 0.580. The van der Waals surface area contributed by atoms with Crippen molar-refractivity contribution in [1.29, 1.82) is 0 Å². The first-order valence-corrected chi connectivity index (χ1v) is 5.49. The van der Waals surface area contributed by atoms with Crippen LogP contribution in [0.2, 0.25) is 0 Å². The molecule has 5 N–H and O–H groups in total. The summed E-state index contributed by atoms with van der Waals surface area (Å²) in [5, 5.41) is 1.97. The van der Waals surface area contributed by atoms with Crippen LogP contribution in [-0.2, 0) is 0 Å². The number of hydrazine groups is 1. The van der Waals surface area contributed by atoms with Crippen LogP contribution in [0.25, 0.3) is 0 Å². The Morgan fingerprint density at radius 1 is 1.17 bits per heavy atom. The number of guanidine groups is 2. The number of nitrogens with zero attached hydrogens (tertiary/aromatic N) is 3. The molecule has 0 radical (unpaired) electrons. The number of hydrogen-bond donors (Lipinski definition) is 3. The van der Waals surface area contributed by atoms with Gasteiger partial charge in [0.25, 0.3) is 0 Å². The Bertz CT molecular complexity index is 426. The Kier molecular flexibility index (Phi) is 5.41. The predicted molar refractivity (Wildman–Crippen MR) is 75.9 cm³/mol. The average molecular weight is 269 g/mol. The summed E-state index contributed by atoms with van der Waals surface area (Å²) in [7, 11) is 0. The Morgan fingerprint density at radius 2 is 1.83 bits per heavy atom. The number of rotatable bonds is 2. The van der Waals surface area contributed by atoms with Crippen molar-refractivity contribution in [2.75, 3.05) is 13.1 Å². The smallest absolute Gasteiger partial charge is 0.223 e. The van der Waals surface area contributed by atoms with Gasteiger partial charge >= 0.3 is 0 Å². The molecule has 1 saturated heterocycles. The van der Waals surface area contributed by atoms with E-state index in [9.17, 15) is 0 Å². The highest BCUT2D eigenvalue weighted by Gasteiger charge is 2.13. The third-order valence-electron chi connectivity index (χ3n) is 2.36. The van der Waals surface area contributed by atoms with Gasteiger partial charge in [0.1, 0.15) is 0 Å². The fourth-order valence-electron chi connectivity index (χ4n) is 1.40. The lowest BCUT2D eigenvalue weighted by Crippen LogP contribution is -2.53. The van der Waals surface area contributed by atoms with E-state index in [2.05, 4.69) is 15.4 Å². The summed E-state index contributed by atoms with van der Waals surface area (Å²) >= 11 is 0. The molecule has 98 valence electrons. The molecule has 1 fully saturated rings. The minimum Gasteiger partial charge on any atom is -0.368 e. The molecule has 0 aliphatic carbocycles. The number of nitrogens with one attached hydrogen (secondary N) is 1. The summed E-state index contributed by atoms with van der Waals surface area (Å²) in [6, 6.07) is 9.39. The van der Waals surface area contributed by atoms with Gasteiger partial charge in [-0.2, -0.15) is 4.99 Å². The zero-order chi connectivity index (χ0) is 12.1. The van der Waals surface area contributed by atoms with Crippen LogP contribution in [0, 0.1) is 0 Å². The van der Waals surface area contributed by atoms with E-state index in [1.807, 2.05) is 35.3 Å². The first-order chi connectivity index (χ1) is 8.24. The van der Waals surface area contributed by atoms with Gasteiger partial charge in [0.05, 0.1) is 5.69 Å². The normalized spacial score (nSPS) is 16.7. The Labute approximate surface area is 112 Å². The maximum Gasteiger partial charge on any atom is 0.223 e. The number of halogens is 1. The van der Waals surface area contributed by atoms with Crippen LogP contribution in [0.1, 0.15) is 6.42 Å². The van der Waals surface area contributed by atoms with Gasteiger partial charge in [0, 0.05) is 13.1 Å². The van der Waals surface area contributed by atoms with E-state index in [1.165, 1.54) is 6.42 Å². The fourth-order valence-corrected chi connectivity index (χ4v) is 1.40. The molecule has 0 amide bonds. The third kappa shape index (κ3) is 4.23. The molecule has 0 bridgehead atoms. The van der Waals surface area contributed by atoms with Gasteiger partial charge in [-0.3, -0.25) is 5.43 Å². The van der Waals surface area contributed by atoms with E-state index < -0.39 is 0 Å². The van der Waals surface area contributed by atoms with Crippen LogP contribution < -0.4 is 16.9 Å². The minimum atomic E-state index is 0. The number of para-hydroxylation sites is 1. The molecular formula is C11H17ClN6. The van der Waals surface area contributed by atoms with Crippen molar-refractivity contribution in [3.63, 3.8) is 0 Å². The summed E-state index contributed by atoms with van der Waals surface area (Å²) in [5.41, 5.74) is 15.0. The van der Waals surface area contributed by atoms with E-state index in [4.69, 9.17) is 11.5 Å². The summed E-state index contributed by atoms with van der Waals surface area (Å²) in [6.07, 6.45) is 1.17. The maximum atomic E-state index is 5.68. The van der Waals surface area contributed by atoms with E-state index in [0.29, 0.717) is 0 Å². The lowest BCUT2D eigenvalue weighted by molar-refractivity contribution is 0.145. The van der Waals surface area contributed by atoms with Crippen LogP contribution >= 0.6 is 12.4 Å². The standard InChI is InChI=1S/C11H16N6.ClH/c12-10(14-9-5-2-1-3-6-9)15-11(13)16-17-7-4-8-17;/h1-3,5-6H,4,7-8H2,(H5,12,13,14,15,16);1H. The SMILES string of the molecule is Cl.NC(=Nc1ccccc1)N=C(N)NN1CCC1. The Balaban J connectivity index is 0.00000162. The molecule has 0 unspecified atom stereocenters. The van der Waals surface area contributed by atoms with E-state index in [0.717, 1.165) is 18.8 Å². The quantitative estimate of drug-likeness (QED) is 0.540. The second-order valence-electron chi connectivity index (χ2n) is 3.76. The highest BCUT2D eigenvalue weighted by atomic mass is 35.5. The topological polar surface area (TPSA) is 92.0 Å². The fraction of sp³-hybridized carbons (Fsp3) is 0.273.